The van der Waals surface area contributed by atoms with E-state index < -0.39 is 54.5 Å². The van der Waals surface area contributed by atoms with E-state index in [0.717, 1.165) is 12.0 Å². The summed E-state index contributed by atoms with van der Waals surface area (Å²) in [6.07, 6.45) is -3.51. The Balaban J connectivity index is 2.41. The maximum Gasteiger partial charge on any atom is 0.303 e. The molecule has 1 aliphatic heterocycles. The van der Waals surface area contributed by atoms with Crippen LogP contribution in [0.25, 0.3) is 0 Å². The number of hydrogen-bond donors (Lipinski definition) is 1. The zero-order chi connectivity index (χ0) is 25.4. The van der Waals surface area contributed by atoms with Crippen LogP contribution < -0.4 is 10.1 Å². The summed E-state index contributed by atoms with van der Waals surface area (Å²) in [6.45, 7) is 8.81. The highest BCUT2D eigenvalue weighted by molar-refractivity contribution is 5.73. The molecule has 0 spiro atoms. The summed E-state index contributed by atoms with van der Waals surface area (Å²) < 4.78 is 27.9. The summed E-state index contributed by atoms with van der Waals surface area (Å²) in [6, 6.07) is 6.39. The third kappa shape index (κ3) is 7.72. The molecule has 1 aromatic rings. The molecule has 6 atom stereocenters. The second-order valence-corrected chi connectivity index (χ2v) is 8.22. The fraction of sp³-hybridized carbons (Fsp3) is 0.583. The number of carbonyl (C=O) groups is 4. The van der Waals surface area contributed by atoms with Crippen molar-refractivity contribution in [3.05, 3.63) is 29.8 Å². The third-order valence-electron chi connectivity index (χ3n) is 5.38. The standard InChI is InChI=1S/C24H33NO9/c1-7-13(2)18-8-10-19(11-9-18)33-24-21(25-14(3)26)23(32-17(6)29)22(31-16(5)28)20(34-24)12-30-15(4)27/h8-11,13,20-24H,7,12H2,1-6H3,(H,25,26)/t13-,20+,21+,22-,23+,24+/m1/s1. The van der Waals surface area contributed by atoms with Crippen LogP contribution in [-0.4, -0.2) is 61.1 Å². The van der Waals surface area contributed by atoms with Gasteiger partial charge in [0, 0.05) is 27.7 Å². The third-order valence-corrected chi connectivity index (χ3v) is 5.38. The number of hydrogen-bond acceptors (Lipinski definition) is 9. The minimum Gasteiger partial charge on any atom is -0.463 e. The fourth-order valence-corrected chi connectivity index (χ4v) is 3.64. The molecule has 0 bridgehead atoms. The van der Waals surface area contributed by atoms with E-state index in [0.29, 0.717) is 11.7 Å². The molecule has 34 heavy (non-hydrogen) atoms. The molecule has 0 unspecified atom stereocenters. The fourth-order valence-electron chi connectivity index (χ4n) is 3.64. The number of rotatable bonds is 9. The van der Waals surface area contributed by atoms with Crippen LogP contribution in [0, 0.1) is 0 Å². The van der Waals surface area contributed by atoms with E-state index in [4.69, 9.17) is 23.7 Å². The molecule has 1 aromatic carbocycles. The van der Waals surface area contributed by atoms with Crippen molar-refractivity contribution in [1.82, 2.24) is 5.32 Å². The number of carbonyl (C=O) groups excluding carboxylic acids is 4. The van der Waals surface area contributed by atoms with E-state index >= 15 is 0 Å². The van der Waals surface area contributed by atoms with E-state index in [1.807, 2.05) is 12.1 Å². The van der Waals surface area contributed by atoms with E-state index in [1.54, 1.807) is 12.1 Å². The highest BCUT2D eigenvalue weighted by Gasteiger charge is 2.51. The van der Waals surface area contributed by atoms with Gasteiger partial charge in [-0.15, -0.1) is 0 Å². The predicted molar refractivity (Wildman–Crippen MR) is 120 cm³/mol. The lowest BCUT2D eigenvalue weighted by Crippen LogP contribution is -2.67. The van der Waals surface area contributed by atoms with Gasteiger partial charge in [0.2, 0.25) is 12.2 Å². The molecule has 0 radical (unpaired) electrons. The van der Waals surface area contributed by atoms with Crippen LogP contribution in [0.4, 0.5) is 0 Å². The second-order valence-electron chi connectivity index (χ2n) is 8.22. The molecular formula is C24H33NO9. The second kappa shape index (κ2) is 12.4. The van der Waals surface area contributed by atoms with Crippen molar-refractivity contribution in [3.63, 3.8) is 0 Å². The highest BCUT2D eigenvalue weighted by Crippen LogP contribution is 2.30. The average Bonchev–Trinajstić information content (AvgIpc) is 2.75. The number of benzene rings is 1. The van der Waals surface area contributed by atoms with Gasteiger partial charge in [-0.2, -0.15) is 0 Å². The lowest BCUT2D eigenvalue weighted by atomic mass is 9.96. The lowest BCUT2D eigenvalue weighted by molar-refractivity contribution is -0.257. The maximum atomic E-state index is 12.0. The Morgan fingerprint density at radius 1 is 0.941 bits per heavy atom. The Morgan fingerprint density at radius 2 is 1.53 bits per heavy atom. The lowest BCUT2D eigenvalue weighted by Gasteiger charge is -2.44. The Bertz CT molecular complexity index is 870. The molecule has 1 aliphatic rings. The van der Waals surface area contributed by atoms with Crippen LogP contribution in [0.3, 0.4) is 0 Å². The van der Waals surface area contributed by atoms with Gasteiger partial charge in [0.15, 0.2) is 12.2 Å². The largest absolute Gasteiger partial charge is 0.463 e. The normalized spacial score (nSPS) is 24.9. The molecule has 1 amide bonds. The minimum atomic E-state index is -1.16. The van der Waals surface area contributed by atoms with Gasteiger partial charge in [0.25, 0.3) is 0 Å². The van der Waals surface area contributed by atoms with E-state index in [1.165, 1.54) is 27.7 Å². The summed E-state index contributed by atoms with van der Waals surface area (Å²) in [5.74, 6) is -1.52. The van der Waals surface area contributed by atoms with Crippen molar-refractivity contribution >= 4 is 23.8 Å². The van der Waals surface area contributed by atoms with E-state index in [2.05, 4.69) is 19.2 Å². The molecule has 10 heteroatoms. The first-order valence-corrected chi connectivity index (χ1v) is 11.2. The van der Waals surface area contributed by atoms with Crippen molar-refractivity contribution in [3.8, 4) is 5.75 Å². The van der Waals surface area contributed by atoms with Gasteiger partial charge in [-0.25, -0.2) is 0 Å². The smallest absolute Gasteiger partial charge is 0.303 e. The van der Waals surface area contributed by atoms with Gasteiger partial charge >= 0.3 is 17.9 Å². The summed E-state index contributed by atoms with van der Waals surface area (Å²) in [4.78, 5) is 47.1. The van der Waals surface area contributed by atoms with Gasteiger partial charge in [-0.1, -0.05) is 26.0 Å². The van der Waals surface area contributed by atoms with Crippen molar-refractivity contribution in [2.24, 2.45) is 0 Å². The summed E-state index contributed by atoms with van der Waals surface area (Å²) in [5.41, 5.74) is 1.14. The van der Waals surface area contributed by atoms with Crippen LogP contribution >= 0.6 is 0 Å². The molecule has 1 N–H and O–H groups in total. The van der Waals surface area contributed by atoms with Crippen molar-refractivity contribution in [2.45, 2.75) is 84.5 Å². The molecule has 0 aliphatic carbocycles. The molecule has 188 valence electrons. The van der Waals surface area contributed by atoms with Crippen LogP contribution in [0.2, 0.25) is 0 Å². The molecule has 0 aromatic heterocycles. The van der Waals surface area contributed by atoms with Gasteiger partial charge in [-0.05, 0) is 30.0 Å². The van der Waals surface area contributed by atoms with Crippen molar-refractivity contribution in [1.29, 1.82) is 0 Å². The van der Waals surface area contributed by atoms with E-state index in [9.17, 15) is 19.2 Å². The molecular weight excluding hydrogens is 446 g/mol. The maximum absolute atomic E-state index is 12.0. The summed E-state index contributed by atoms with van der Waals surface area (Å²) >= 11 is 0. The Kier molecular flexibility index (Phi) is 9.85. The first-order valence-electron chi connectivity index (χ1n) is 11.2. The summed E-state index contributed by atoms with van der Waals surface area (Å²) in [7, 11) is 0. The topological polar surface area (TPSA) is 126 Å². The molecule has 10 nitrogen and oxygen atoms in total. The van der Waals surface area contributed by atoms with Crippen LogP contribution in [0.15, 0.2) is 24.3 Å². The number of esters is 3. The number of ether oxygens (including phenoxy) is 5. The minimum absolute atomic E-state index is 0.287. The van der Waals surface area contributed by atoms with Crippen molar-refractivity contribution in [2.75, 3.05) is 6.61 Å². The molecule has 0 saturated carbocycles. The Labute approximate surface area is 199 Å². The SMILES string of the molecule is CC[C@@H](C)c1ccc(O[C@H]2O[C@@H](COC(C)=O)[C@@H](OC(C)=O)[C@@H](OC(C)=O)[C@@H]2NC(C)=O)cc1. The summed E-state index contributed by atoms with van der Waals surface area (Å²) in [5, 5.41) is 2.67. The first-order chi connectivity index (χ1) is 16.0. The number of nitrogens with one attached hydrogen (secondary N) is 1. The highest BCUT2D eigenvalue weighted by atomic mass is 16.7. The quantitative estimate of drug-likeness (QED) is 0.419. The Morgan fingerprint density at radius 3 is 2.03 bits per heavy atom. The zero-order valence-corrected chi connectivity index (χ0v) is 20.4. The monoisotopic (exact) mass is 479 g/mol. The zero-order valence-electron chi connectivity index (χ0n) is 20.4. The molecule has 1 saturated heterocycles. The average molecular weight is 480 g/mol. The van der Waals surface area contributed by atoms with Gasteiger partial charge in [-0.3, -0.25) is 19.2 Å². The predicted octanol–water partition coefficient (Wildman–Crippen LogP) is 2.23. The van der Waals surface area contributed by atoms with Crippen LogP contribution in [0.5, 0.6) is 5.75 Å². The van der Waals surface area contributed by atoms with Crippen LogP contribution in [0.1, 0.15) is 59.4 Å². The van der Waals surface area contributed by atoms with Gasteiger partial charge < -0.3 is 29.0 Å². The molecule has 1 heterocycles. The number of amides is 1. The van der Waals surface area contributed by atoms with E-state index in [-0.39, 0.29) is 6.61 Å². The van der Waals surface area contributed by atoms with Gasteiger partial charge in [0.1, 0.15) is 24.5 Å². The van der Waals surface area contributed by atoms with Gasteiger partial charge in [0.05, 0.1) is 0 Å². The molecule has 1 fully saturated rings. The van der Waals surface area contributed by atoms with Crippen molar-refractivity contribution < 1.29 is 42.9 Å². The molecule has 2 rings (SSSR count). The Hall–Kier alpha value is -3.14. The first kappa shape index (κ1) is 27.1. The van der Waals surface area contributed by atoms with Crippen LogP contribution in [-0.2, 0) is 38.1 Å².